The van der Waals surface area contributed by atoms with Crippen LogP contribution in [0.3, 0.4) is 0 Å². The van der Waals surface area contributed by atoms with Gasteiger partial charge in [0.2, 0.25) is 5.91 Å². The van der Waals surface area contributed by atoms with E-state index in [9.17, 15) is 4.79 Å². The first-order valence-corrected chi connectivity index (χ1v) is 7.17. The molecule has 1 atom stereocenters. The molecule has 104 valence electrons. The van der Waals surface area contributed by atoms with Crippen molar-refractivity contribution in [3.05, 3.63) is 11.6 Å². The summed E-state index contributed by atoms with van der Waals surface area (Å²) < 4.78 is 2.25. The second kappa shape index (κ2) is 5.28. The van der Waals surface area contributed by atoms with Crippen LogP contribution in [0, 0.1) is 6.92 Å². The second-order valence-corrected chi connectivity index (χ2v) is 5.47. The molecule has 1 aromatic rings. The molecule has 1 amide bonds. The molecule has 2 fully saturated rings. The molecule has 0 spiro atoms. The highest BCUT2D eigenvalue weighted by atomic mass is 16.2. The van der Waals surface area contributed by atoms with Crippen molar-refractivity contribution < 1.29 is 4.79 Å². The molecule has 1 saturated carbocycles. The molecular formula is C13H21N5O. The quantitative estimate of drug-likeness (QED) is 0.824. The summed E-state index contributed by atoms with van der Waals surface area (Å²) in [5, 5.41) is 14.6. The third kappa shape index (κ3) is 2.49. The van der Waals surface area contributed by atoms with Crippen LogP contribution in [0.2, 0.25) is 0 Å². The lowest BCUT2D eigenvalue weighted by Crippen LogP contribution is -2.54. The first-order valence-electron chi connectivity index (χ1n) is 7.17. The summed E-state index contributed by atoms with van der Waals surface area (Å²) in [5.74, 6) is 1.99. The van der Waals surface area contributed by atoms with Gasteiger partial charge in [-0.2, -0.15) is 0 Å². The van der Waals surface area contributed by atoms with Gasteiger partial charge in [0.25, 0.3) is 0 Å². The third-order valence-electron chi connectivity index (χ3n) is 4.14. The van der Waals surface area contributed by atoms with E-state index in [1.165, 1.54) is 25.7 Å². The number of aromatic nitrogens is 3. The van der Waals surface area contributed by atoms with Gasteiger partial charge in [0.15, 0.2) is 0 Å². The fourth-order valence-corrected chi connectivity index (χ4v) is 3.19. The molecule has 1 aliphatic carbocycles. The lowest BCUT2D eigenvalue weighted by atomic mass is 10.1. The van der Waals surface area contributed by atoms with Crippen LogP contribution < -0.4 is 10.6 Å². The largest absolute Gasteiger partial charge is 0.353 e. The summed E-state index contributed by atoms with van der Waals surface area (Å²) in [4.78, 5) is 11.8. The van der Waals surface area contributed by atoms with Crippen molar-refractivity contribution in [2.45, 2.75) is 51.1 Å². The number of carbonyl (C=O) groups is 1. The second-order valence-electron chi connectivity index (χ2n) is 5.47. The Kier molecular flexibility index (Phi) is 3.50. The van der Waals surface area contributed by atoms with Crippen LogP contribution in [-0.2, 0) is 11.2 Å². The Morgan fingerprint density at radius 3 is 2.79 bits per heavy atom. The number of aryl methyl sites for hydroxylation is 1. The third-order valence-corrected chi connectivity index (χ3v) is 4.14. The Labute approximate surface area is 113 Å². The van der Waals surface area contributed by atoms with E-state index in [1.807, 2.05) is 6.92 Å². The average molecular weight is 263 g/mol. The number of piperazine rings is 1. The Morgan fingerprint density at radius 1 is 1.26 bits per heavy atom. The van der Waals surface area contributed by atoms with Gasteiger partial charge in [-0.3, -0.25) is 4.79 Å². The van der Waals surface area contributed by atoms with E-state index >= 15 is 0 Å². The first kappa shape index (κ1) is 12.6. The minimum Gasteiger partial charge on any atom is -0.353 e. The zero-order valence-corrected chi connectivity index (χ0v) is 11.4. The Hall–Kier alpha value is -1.43. The van der Waals surface area contributed by atoms with E-state index in [-0.39, 0.29) is 11.9 Å². The zero-order valence-electron chi connectivity index (χ0n) is 11.4. The van der Waals surface area contributed by atoms with Crippen molar-refractivity contribution in [1.82, 2.24) is 25.4 Å². The summed E-state index contributed by atoms with van der Waals surface area (Å²) in [5.41, 5.74) is 0. The Morgan fingerprint density at radius 2 is 2.05 bits per heavy atom. The molecule has 2 aliphatic rings. The van der Waals surface area contributed by atoms with Crippen LogP contribution in [-0.4, -0.2) is 39.8 Å². The molecule has 2 N–H and O–H groups in total. The number of nitrogens with one attached hydrogen (secondary N) is 2. The number of amides is 1. The molecule has 6 nitrogen and oxygen atoms in total. The summed E-state index contributed by atoms with van der Waals surface area (Å²) in [7, 11) is 0. The molecule has 1 aliphatic heterocycles. The van der Waals surface area contributed by atoms with Crippen LogP contribution in [0.1, 0.15) is 43.4 Å². The van der Waals surface area contributed by atoms with Gasteiger partial charge < -0.3 is 15.2 Å². The Bertz CT molecular complexity index is 464. The molecule has 0 radical (unpaired) electrons. The topological polar surface area (TPSA) is 71.8 Å². The van der Waals surface area contributed by atoms with E-state index in [0.717, 1.165) is 18.2 Å². The highest BCUT2D eigenvalue weighted by molar-refractivity contribution is 5.82. The van der Waals surface area contributed by atoms with Crippen LogP contribution in [0.25, 0.3) is 0 Å². The highest BCUT2D eigenvalue weighted by Gasteiger charge is 2.27. The smallest absolute Gasteiger partial charge is 0.237 e. The summed E-state index contributed by atoms with van der Waals surface area (Å²) in [6.45, 7) is 3.54. The van der Waals surface area contributed by atoms with Crippen LogP contribution in [0.15, 0.2) is 0 Å². The van der Waals surface area contributed by atoms with Crippen molar-refractivity contribution >= 4 is 5.91 Å². The van der Waals surface area contributed by atoms with Gasteiger partial charge in [-0.05, 0) is 19.8 Å². The van der Waals surface area contributed by atoms with Gasteiger partial charge >= 0.3 is 0 Å². The van der Waals surface area contributed by atoms with E-state index in [1.54, 1.807) is 0 Å². The fourth-order valence-electron chi connectivity index (χ4n) is 3.19. The van der Waals surface area contributed by atoms with Crippen molar-refractivity contribution in [3.8, 4) is 0 Å². The van der Waals surface area contributed by atoms with Gasteiger partial charge in [0.1, 0.15) is 11.6 Å². The molecule has 3 rings (SSSR count). The monoisotopic (exact) mass is 263 g/mol. The van der Waals surface area contributed by atoms with Crippen molar-refractivity contribution in [3.63, 3.8) is 0 Å². The van der Waals surface area contributed by atoms with Crippen LogP contribution in [0.4, 0.5) is 0 Å². The van der Waals surface area contributed by atoms with Crippen molar-refractivity contribution in [1.29, 1.82) is 0 Å². The summed E-state index contributed by atoms with van der Waals surface area (Å²) in [6, 6.07) is 0.356. The van der Waals surface area contributed by atoms with Crippen LogP contribution >= 0.6 is 0 Å². The van der Waals surface area contributed by atoms with Crippen molar-refractivity contribution in [2.24, 2.45) is 0 Å². The van der Waals surface area contributed by atoms with Gasteiger partial charge in [0.05, 0.1) is 6.04 Å². The summed E-state index contributed by atoms with van der Waals surface area (Å²) in [6.07, 6.45) is 5.60. The normalized spacial score (nSPS) is 24.7. The molecule has 1 unspecified atom stereocenters. The molecule has 19 heavy (non-hydrogen) atoms. The van der Waals surface area contributed by atoms with Gasteiger partial charge in [0, 0.05) is 25.6 Å². The number of hydrogen-bond acceptors (Lipinski definition) is 4. The predicted molar refractivity (Wildman–Crippen MR) is 70.8 cm³/mol. The highest BCUT2D eigenvalue weighted by Crippen LogP contribution is 2.31. The maximum absolute atomic E-state index is 11.8. The number of hydrogen-bond donors (Lipinski definition) is 2. The van der Waals surface area contributed by atoms with E-state index in [0.29, 0.717) is 19.0 Å². The minimum absolute atomic E-state index is 0.0740. The fraction of sp³-hybridized carbons (Fsp3) is 0.769. The molecular weight excluding hydrogens is 242 g/mol. The van der Waals surface area contributed by atoms with Gasteiger partial charge in [-0.25, -0.2) is 0 Å². The molecule has 1 aromatic heterocycles. The number of carbonyl (C=O) groups excluding carboxylic acids is 1. The van der Waals surface area contributed by atoms with Gasteiger partial charge in [-0.15, -0.1) is 10.2 Å². The zero-order chi connectivity index (χ0) is 13.2. The standard InChI is InChI=1S/C13H21N5O/c1-9-16-17-12(18(9)10-4-2-3-5-10)8-11-13(19)15-7-6-14-11/h10-11,14H,2-8H2,1H3,(H,15,19). The lowest BCUT2D eigenvalue weighted by molar-refractivity contribution is -0.124. The maximum atomic E-state index is 11.8. The predicted octanol–water partition coefficient (Wildman–Crippen LogP) is 0.332. The SMILES string of the molecule is Cc1nnc(CC2NCCNC2=O)n1C1CCCC1. The molecule has 6 heteroatoms. The Balaban J connectivity index is 1.78. The molecule has 0 bridgehead atoms. The number of rotatable bonds is 3. The van der Waals surface area contributed by atoms with Crippen molar-refractivity contribution in [2.75, 3.05) is 13.1 Å². The number of nitrogens with zero attached hydrogens (tertiary/aromatic N) is 3. The minimum atomic E-state index is -0.169. The average Bonchev–Trinajstić information content (AvgIpc) is 3.02. The molecule has 2 heterocycles. The summed E-state index contributed by atoms with van der Waals surface area (Å²) >= 11 is 0. The first-order chi connectivity index (χ1) is 9.25. The van der Waals surface area contributed by atoms with E-state index < -0.39 is 0 Å². The lowest BCUT2D eigenvalue weighted by Gasteiger charge is -2.24. The molecule has 1 saturated heterocycles. The van der Waals surface area contributed by atoms with Gasteiger partial charge in [-0.1, -0.05) is 12.8 Å². The van der Waals surface area contributed by atoms with E-state index in [2.05, 4.69) is 25.4 Å². The molecule has 0 aromatic carbocycles. The maximum Gasteiger partial charge on any atom is 0.237 e. The van der Waals surface area contributed by atoms with Crippen LogP contribution in [0.5, 0.6) is 0 Å². The van der Waals surface area contributed by atoms with E-state index in [4.69, 9.17) is 0 Å².